The summed E-state index contributed by atoms with van der Waals surface area (Å²) in [6.07, 6.45) is 4.36. The normalized spacial score (nSPS) is 10.0. The summed E-state index contributed by atoms with van der Waals surface area (Å²) in [6.45, 7) is 2.09. The average molecular weight is 241 g/mol. The molecule has 0 aliphatic rings. The highest BCUT2D eigenvalue weighted by Gasteiger charge is 1.99. The molecular formula is C10H13BrN2. The van der Waals surface area contributed by atoms with Gasteiger partial charge in [0, 0.05) is 28.5 Å². The van der Waals surface area contributed by atoms with E-state index in [0.717, 1.165) is 28.7 Å². The van der Waals surface area contributed by atoms with Crippen LogP contribution < -0.4 is 0 Å². The lowest BCUT2D eigenvalue weighted by Gasteiger charge is -2.01. The first-order valence-corrected chi connectivity index (χ1v) is 5.18. The van der Waals surface area contributed by atoms with Crippen molar-refractivity contribution in [1.29, 1.82) is 5.41 Å². The van der Waals surface area contributed by atoms with Gasteiger partial charge in [0.15, 0.2) is 0 Å². The Morgan fingerprint density at radius 2 is 2.31 bits per heavy atom. The third-order valence-corrected chi connectivity index (χ3v) is 2.20. The smallest absolute Gasteiger partial charge is 0.0460 e. The van der Waals surface area contributed by atoms with Gasteiger partial charge in [-0.15, -0.1) is 0 Å². The summed E-state index contributed by atoms with van der Waals surface area (Å²) in [5.74, 6) is 0. The summed E-state index contributed by atoms with van der Waals surface area (Å²) in [5.41, 5.74) is 1.74. The van der Waals surface area contributed by atoms with Crippen molar-refractivity contribution < 1.29 is 0 Å². The van der Waals surface area contributed by atoms with Crippen molar-refractivity contribution in [3.05, 3.63) is 28.5 Å². The molecule has 0 aliphatic heterocycles. The lowest BCUT2D eigenvalue weighted by Crippen LogP contribution is -2.02. The quantitative estimate of drug-likeness (QED) is 0.807. The molecule has 0 saturated carbocycles. The van der Waals surface area contributed by atoms with E-state index in [4.69, 9.17) is 5.41 Å². The molecule has 1 heterocycles. The maximum atomic E-state index is 7.63. The zero-order chi connectivity index (χ0) is 9.68. The van der Waals surface area contributed by atoms with E-state index >= 15 is 0 Å². The standard InChI is InChI=1S/C10H13BrN2/c1-2-3-9(12)6-10-5-4-8(11)7-13-10/h4-5,7,12H,2-3,6H2,1H3. The SMILES string of the molecule is CCCC(=N)Cc1ccc(Br)cn1. The van der Waals surface area contributed by atoms with Gasteiger partial charge < -0.3 is 5.41 Å². The summed E-state index contributed by atoms with van der Waals surface area (Å²) >= 11 is 3.33. The van der Waals surface area contributed by atoms with E-state index < -0.39 is 0 Å². The molecule has 0 saturated heterocycles. The summed E-state index contributed by atoms with van der Waals surface area (Å²) in [4.78, 5) is 4.21. The second kappa shape index (κ2) is 5.12. The maximum Gasteiger partial charge on any atom is 0.0460 e. The third-order valence-electron chi connectivity index (χ3n) is 1.73. The van der Waals surface area contributed by atoms with Crippen molar-refractivity contribution in [1.82, 2.24) is 4.98 Å². The van der Waals surface area contributed by atoms with Gasteiger partial charge in [-0.25, -0.2) is 0 Å². The minimum atomic E-state index is 0.682. The number of hydrogen-bond donors (Lipinski definition) is 1. The molecule has 0 bridgehead atoms. The Morgan fingerprint density at radius 1 is 1.54 bits per heavy atom. The van der Waals surface area contributed by atoms with Crippen molar-refractivity contribution >= 4 is 21.6 Å². The van der Waals surface area contributed by atoms with Crippen molar-refractivity contribution in [2.45, 2.75) is 26.2 Å². The summed E-state index contributed by atoms with van der Waals surface area (Å²) in [5, 5.41) is 7.63. The van der Waals surface area contributed by atoms with Crippen LogP contribution in [0.5, 0.6) is 0 Å². The Hall–Kier alpha value is -0.700. The van der Waals surface area contributed by atoms with Crippen LogP contribution in [-0.2, 0) is 6.42 Å². The Balaban J connectivity index is 2.54. The molecule has 3 heteroatoms. The first-order chi connectivity index (χ1) is 6.22. The molecule has 70 valence electrons. The van der Waals surface area contributed by atoms with Gasteiger partial charge in [0.25, 0.3) is 0 Å². The fraction of sp³-hybridized carbons (Fsp3) is 0.400. The molecule has 0 spiro atoms. The van der Waals surface area contributed by atoms with Gasteiger partial charge in [0.2, 0.25) is 0 Å². The van der Waals surface area contributed by atoms with E-state index in [0.29, 0.717) is 6.42 Å². The van der Waals surface area contributed by atoms with Crippen LogP contribution in [0.3, 0.4) is 0 Å². The van der Waals surface area contributed by atoms with Gasteiger partial charge in [0.1, 0.15) is 0 Å². The number of pyridine rings is 1. The van der Waals surface area contributed by atoms with Gasteiger partial charge in [-0.05, 0) is 34.5 Å². The first-order valence-electron chi connectivity index (χ1n) is 4.39. The molecule has 0 fully saturated rings. The summed E-state index contributed by atoms with van der Waals surface area (Å²) in [6, 6.07) is 3.91. The van der Waals surface area contributed by atoms with Crippen LogP contribution in [0.25, 0.3) is 0 Å². The molecule has 1 aromatic rings. The van der Waals surface area contributed by atoms with Gasteiger partial charge in [-0.3, -0.25) is 4.98 Å². The highest BCUT2D eigenvalue weighted by molar-refractivity contribution is 9.10. The molecule has 2 nitrogen and oxygen atoms in total. The molecular weight excluding hydrogens is 228 g/mol. The van der Waals surface area contributed by atoms with Gasteiger partial charge >= 0.3 is 0 Å². The number of aromatic nitrogens is 1. The van der Waals surface area contributed by atoms with E-state index in [2.05, 4.69) is 27.8 Å². The second-order valence-corrected chi connectivity index (χ2v) is 3.91. The van der Waals surface area contributed by atoms with Crippen LogP contribution in [-0.4, -0.2) is 10.7 Å². The minimum absolute atomic E-state index is 0.682. The molecule has 0 unspecified atom stereocenters. The molecule has 1 N–H and O–H groups in total. The number of hydrogen-bond acceptors (Lipinski definition) is 2. The average Bonchev–Trinajstić information content (AvgIpc) is 2.09. The maximum absolute atomic E-state index is 7.63. The van der Waals surface area contributed by atoms with Crippen LogP contribution in [0.15, 0.2) is 22.8 Å². The first kappa shape index (κ1) is 10.4. The summed E-state index contributed by atoms with van der Waals surface area (Å²) < 4.78 is 0.985. The van der Waals surface area contributed by atoms with E-state index in [1.807, 2.05) is 12.1 Å². The Labute approximate surface area is 87.0 Å². The second-order valence-electron chi connectivity index (χ2n) is 3.00. The Morgan fingerprint density at radius 3 is 2.85 bits per heavy atom. The van der Waals surface area contributed by atoms with Gasteiger partial charge in [-0.2, -0.15) is 0 Å². The van der Waals surface area contributed by atoms with E-state index in [9.17, 15) is 0 Å². The monoisotopic (exact) mass is 240 g/mol. The van der Waals surface area contributed by atoms with Crippen LogP contribution in [0.4, 0.5) is 0 Å². The van der Waals surface area contributed by atoms with Crippen molar-refractivity contribution in [2.24, 2.45) is 0 Å². The number of rotatable bonds is 4. The fourth-order valence-corrected chi connectivity index (χ4v) is 1.35. The van der Waals surface area contributed by atoms with Gasteiger partial charge in [0.05, 0.1) is 0 Å². The van der Waals surface area contributed by atoms with Crippen LogP contribution >= 0.6 is 15.9 Å². The van der Waals surface area contributed by atoms with Gasteiger partial charge in [-0.1, -0.05) is 13.3 Å². The number of nitrogens with one attached hydrogen (secondary N) is 1. The van der Waals surface area contributed by atoms with Crippen LogP contribution in [0, 0.1) is 5.41 Å². The molecule has 1 aromatic heterocycles. The predicted molar refractivity (Wildman–Crippen MR) is 58.3 cm³/mol. The zero-order valence-corrected chi connectivity index (χ0v) is 9.26. The highest BCUT2D eigenvalue weighted by atomic mass is 79.9. The van der Waals surface area contributed by atoms with E-state index in [1.165, 1.54) is 0 Å². The summed E-state index contributed by atoms with van der Waals surface area (Å²) in [7, 11) is 0. The van der Waals surface area contributed by atoms with Crippen molar-refractivity contribution in [3.63, 3.8) is 0 Å². The number of nitrogens with zero attached hydrogens (tertiary/aromatic N) is 1. The van der Waals surface area contributed by atoms with Crippen LogP contribution in [0.1, 0.15) is 25.5 Å². The molecule has 1 rings (SSSR count). The van der Waals surface area contributed by atoms with Crippen molar-refractivity contribution in [3.8, 4) is 0 Å². The third kappa shape index (κ3) is 3.68. The Kier molecular flexibility index (Phi) is 4.09. The fourth-order valence-electron chi connectivity index (χ4n) is 1.12. The molecule has 0 atom stereocenters. The zero-order valence-electron chi connectivity index (χ0n) is 7.68. The topological polar surface area (TPSA) is 36.7 Å². The molecule has 0 amide bonds. The molecule has 0 radical (unpaired) electrons. The number of halogens is 1. The highest BCUT2D eigenvalue weighted by Crippen LogP contribution is 2.08. The largest absolute Gasteiger partial charge is 0.309 e. The van der Waals surface area contributed by atoms with E-state index in [-0.39, 0.29) is 0 Å². The lowest BCUT2D eigenvalue weighted by atomic mass is 10.1. The Bertz CT molecular complexity index is 279. The van der Waals surface area contributed by atoms with E-state index in [1.54, 1.807) is 6.20 Å². The molecule has 13 heavy (non-hydrogen) atoms. The van der Waals surface area contributed by atoms with Crippen LogP contribution in [0.2, 0.25) is 0 Å². The van der Waals surface area contributed by atoms with Crippen molar-refractivity contribution in [2.75, 3.05) is 0 Å². The predicted octanol–water partition coefficient (Wildman–Crippen LogP) is 3.21. The molecule has 0 aliphatic carbocycles. The lowest BCUT2D eigenvalue weighted by molar-refractivity contribution is 0.955. The molecule has 0 aromatic carbocycles. The minimum Gasteiger partial charge on any atom is -0.309 e.